The van der Waals surface area contributed by atoms with Gasteiger partial charge in [0, 0.05) is 16.8 Å². The van der Waals surface area contributed by atoms with Crippen molar-refractivity contribution in [1.29, 1.82) is 0 Å². The lowest BCUT2D eigenvalue weighted by atomic mass is 9.97. The average molecular weight is 396 g/mol. The smallest absolute Gasteiger partial charge is 0.287 e. The molecule has 4 heteroatoms. The van der Waals surface area contributed by atoms with Crippen LogP contribution in [0, 0.1) is 19.7 Å². The monoisotopic (exact) mass is 396 g/mol. The second-order valence-electron chi connectivity index (χ2n) is 8.88. The van der Waals surface area contributed by atoms with Crippen LogP contribution in [-0.2, 0) is 7.05 Å². The fraction of sp³-hybridized carbons (Fsp3) is 0.231. The molecule has 0 aliphatic heterocycles. The van der Waals surface area contributed by atoms with Gasteiger partial charge in [0.25, 0.3) is 6.33 Å². The molecule has 6 aromatic rings. The van der Waals surface area contributed by atoms with E-state index in [9.17, 15) is 4.39 Å². The molecule has 0 aliphatic rings. The Kier molecular flexibility index (Phi) is 3.32. The van der Waals surface area contributed by atoms with Gasteiger partial charge >= 0.3 is 0 Å². The summed E-state index contributed by atoms with van der Waals surface area (Å²) >= 11 is 0. The van der Waals surface area contributed by atoms with Crippen LogP contribution >= 0.6 is 0 Å². The van der Waals surface area contributed by atoms with E-state index in [1.165, 1.54) is 32.8 Å². The largest absolute Gasteiger partial charge is 0.307 e. The highest BCUT2D eigenvalue weighted by Gasteiger charge is 2.25. The molecule has 0 atom stereocenters. The third kappa shape index (κ3) is 2.03. The van der Waals surface area contributed by atoms with Gasteiger partial charge in [-0.2, -0.15) is 0 Å². The van der Waals surface area contributed by atoms with Gasteiger partial charge in [0.1, 0.15) is 11.3 Å². The number of nitrogens with zero attached hydrogens (tertiary/aromatic N) is 3. The van der Waals surface area contributed by atoms with E-state index in [4.69, 9.17) is 0 Å². The first kappa shape index (κ1) is 17.6. The Labute approximate surface area is 173 Å². The SMILES string of the molecule is Cc1cc2c3ccc(C(C)C)cc3n3c4cc(F)cc5nc[n+](C)c(c(c1C)c23)c54. The Morgan fingerprint density at radius 1 is 0.967 bits per heavy atom. The fourth-order valence-electron chi connectivity index (χ4n) is 5.10. The lowest BCUT2D eigenvalue weighted by Gasteiger charge is -2.14. The highest BCUT2D eigenvalue weighted by Crippen LogP contribution is 2.42. The van der Waals surface area contributed by atoms with Gasteiger partial charge < -0.3 is 4.40 Å². The second kappa shape index (κ2) is 5.66. The van der Waals surface area contributed by atoms with Gasteiger partial charge in [-0.15, -0.1) is 0 Å². The second-order valence-corrected chi connectivity index (χ2v) is 8.88. The minimum Gasteiger partial charge on any atom is -0.307 e. The van der Waals surface area contributed by atoms with Crippen molar-refractivity contribution in [2.75, 3.05) is 0 Å². The third-order valence-electron chi connectivity index (χ3n) is 6.76. The Hall–Kier alpha value is -3.27. The Morgan fingerprint density at radius 2 is 1.77 bits per heavy atom. The number of aromatic nitrogens is 3. The van der Waals surface area contributed by atoms with Crippen molar-refractivity contribution in [3.8, 4) is 0 Å². The summed E-state index contributed by atoms with van der Waals surface area (Å²) in [5.41, 5.74) is 8.78. The molecule has 0 bridgehead atoms. The molecule has 0 amide bonds. The van der Waals surface area contributed by atoms with Gasteiger partial charge in [-0.3, -0.25) is 0 Å². The molecule has 3 nitrogen and oxygen atoms in total. The number of benzene rings is 3. The number of hydrogen-bond donors (Lipinski definition) is 0. The number of aryl methyl sites for hydroxylation is 3. The number of hydrogen-bond acceptors (Lipinski definition) is 1. The van der Waals surface area contributed by atoms with Crippen molar-refractivity contribution >= 4 is 49.1 Å². The van der Waals surface area contributed by atoms with E-state index in [1.54, 1.807) is 18.5 Å². The van der Waals surface area contributed by atoms with E-state index >= 15 is 0 Å². The molecule has 3 heterocycles. The van der Waals surface area contributed by atoms with Crippen molar-refractivity contribution in [1.82, 2.24) is 9.38 Å². The van der Waals surface area contributed by atoms with Gasteiger partial charge in [-0.1, -0.05) is 26.0 Å². The van der Waals surface area contributed by atoms with E-state index in [2.05, 4.69) is 65.9 Å². The van der Waals surface area contributed by atoms with Crippen LogP contribution in [0.15, 0.2) is 42.7 Å². The maximum atomic E-state index is 14.7. The van der Waals surface area contributed by atoms with Crippen LogP contribution in [0.1, 0.15) is 36.5 Å². The first-order chi connectivity index (χ1) is 14.4. The third-order valence-corrected chi connectivity index (χ3v) is 6.76. The number of halogens is 1. The van der Waals surface area contributed by atoms with Gasteiger partial charge in [0.15, 0.2) is 5.52 Å². The summed E-state index contributed by atoms with van der Waals surface area (Å²) in [6, 6.07) is 12.2. The summed E-state index contributed by atoms with van der Waals surface area (Å²) in [5, 5.41) is 4.66. The summed E-state index contributed by atoms with van der Waals surface area (Å²) in [7, 11) is 2.03. The summed E-state index contributed by atoms with van der Waals surface area (Å²) in [6.45, 7) is 8.78. The minimum atomic E-state index is -0.257. The fourth-order valence-corrected chi connectivity index (χ4v) is 5.10. The predicted molar refractivity (Wildman–Crippen MR) is 121 cm³/mol. The highest BCUT2D eigenvalue weighted by molar-refractivity contribution is 6.25. The predicted octanol–water partition coefficient (Wildman–Crippen LogP) is 6.09. The number of fused-ring (bicyclic) bond motifs is 5. The number of rotatable bonds is 1. The van der Waals surface area contributed by atoms with Gasteiger partial charge in [-0.05, 0) is 59.6 Å². The van der Waals surface area contributed by atoms with E-state index < -0.39 is 0 Å². The van der Waals surface area contributed by atoms with Crippen LogP contribution in [0.2, 0.25) is 0 Å². The molecule has 0 radical (unpaired) electrons. The zero-order valence-corrected chi connectivity index (χ0v) is 17.8. The van der Waals surface area contributed by atoms with E-state index in [-0.39, 0.29) is 5.82 Å². The molecular formula is C26H23FN3+. The molecule has 30 heavy (non-hydrogen) atoms. The molecule has 0 fully saturated rings. The van der Waals surface area contributed by atoms with Crippen LogP contribution in [0.5, 0.6) is 0 Å². The van der Waals surface area contributed by atoms with E-state index in [0.717, 1.165) is 27.5 Å². The van der Waals surface area contributed by atoms with Gasteiger partial charge in [-0.25, -0.2) is 8.96 Å². The first-order valence-corrected chi connectivity index (χ1v) is 10.4. The molecule has 0 spiro atoms. The summed E-state index contributed by atoms with van der Waals surface area (Å²) in [5.74, 6) is 0.165. The topological polar surface area (TPSA) is 21.2 Å². The van der Waals surface area contributed by atoms with Gasteiger partial charge in [0.05, 0.1) is 34.4 Å². The molecule has 3 aromatic heterocycles. The summed E-state index contributed by atoms with van der Waals surface area (Å²) in [4.78, 5) is 4.55. The zero-order valence-electron chi connectivity index (χ0n) is 17.8. The van der Waals surface area contributed by atoms with Crippen LogP contribution in [-0.4, -0.2) is 9.38 Å². The Morgan fingerprint density at radius 3 is 2.53 bits per heavy atom. The van der Waals surface area contributed by atoms with Crippen molar-refractivity contribution in [2.45, 2.75) is 33.6 Å². The summed E-state index contributed by atoms with van der Waals surface area (Å²) in [6.07, 6.45) is 1.80. The first-order valence-electron chi connectivity index (χ1n) is 10.4. The molecule has 0 N–H and O–H groups in total. The molecule has 0 saturated heterocycles. The normalized spacial score (nSPS) is 12.6. The molecule has 0 aliphatic carbocycles. The molecule has 3 aromatic carbocycles. The lowest BCUT2D eigenvalue weighted by Crippen LogP contribution is -2.30. The molecule has 0 unspecified atom stereocenters. The Balaban J connectivity index is 2.08. The standard InChI is InChI=1S/C26H23FN3/c1-13(2)16-6-7-18-19-8-14(3)15(4)23-25(19)30(21(18)9-16)22-11-17(27)10-20-24(22)26(23)29(5)12-28-20/h6-13H,1-5H3/q+1. The van der Waals surface area contributed by atoms with Crippen molar-refractivity contribution in [3.05, 3.63) is 65.2 Å². The van der Waals surface area contributed by atoms with Crippen molar-refractivity contribution < 1.29 is 8.96 Å². The zero-order chi connectivity index (χ0) is 20.9. The molecular weight excluding hydrogens is 373 g/mol. The molecule has 0 saturated carbocycles. The lowest BCUT2D eigenvalue weighted by molar-refractivity contribution is -0.646. The van der Waals surface area contributed by atoms with E-state index in [0.29, 0.717) is 11.4 Å². The van der Waals surface area contributed by atoms with Crippen LogP contribution in [0.25, 0.3) is 49.1 Å². The highest BCUT2D eigenvalue weighted by atomic mass is 19.1. The number of pyridine rings is 1. The quantitative estimate of drug-likeness (QED) is 0.187. The maximum Gasteiger partial charge on any atom is 0.287 e. The van der Waals surface area contributed by atoms with Crippen LogP contribution in [0.3, 0.4) is 0 Å². The molecule has 148 valence electrons. The van der Waals surface area contributed by atoms with Gasteiger partial charge in [0.2, 0.25) is 0 Å². The molecule has 6 rings (SSSR count). The van der Waals surface area contributed by atoms with Crippen molar-refractivity contribution in [3.63, 3.8) is 0 Å². The minimum absolute atomic E-state index is 0.257. The Bertz CT molecular complexity index is 1660. The van der Waals surface area contributed by atoms with Crippen molar-refractivity contribution in [2.24, 2.45) is 7.05 Å². The maximum absolute atomic E-state index is 14.7. The van der Waals surface area contributed by atoms with Crippen LogP contribution in [0.4, 0.5) is 4.39 Å². The van der Waals surface area contributed by atoms with Crippen LogP contribution < -0.4 is 4.57 Å². The van der Waals surface area contributed by atoms with E-state index in [1.807, 2.05) is 7.05 Å². The summed E-state index contributed by atoms with van der Waals surface area (Å²) < 4.78 is 19.0. The average Bonchev–Trinajstić information content (AvgIpc) is 3.03.